The van der Waals surface area contributed by atoms with Crippen LogP contribution in [0.25, 0.3) is 11.4 Å². The first-order chi connectivity index (χ1) is 11.8. The largest absolute Gasteiger partial charge is 0.478 e. The van der Waals surface area contributed by atoms with Crippen LogP contribution in [0.2, 0.25) is 0 Å². The van der Waals surface area contributed by atoms with Crippen LogP contribution in [-0.2, 0) is 4.79 Å². The summed E-state index contributed by atoms with van der Waals surface area (Å²) >= 11 is 0. The molecule has 1 amide bonds. The van der Waals surface area contributed by atoms with E-state index in [9.17, 15) is 9.59 Å². The van der Waals surface area contributed by atoms with Gasteiger partial charge in [0.2, 0.25) is 5.88 Å². The summed E-state index contributed by atoms with van der Waals surface area (Å²) < 4.78 is 5.67. The number of fused-ring (bicyclic) bond motifs is 4. The van der Waals surface area contributed by atoms with E-state index in [1.54, 1.807) is 30.5 Å². The van der Waals surface area contributed by atoms with Crippen molar-refractivity contribution in [1.29, 1.82) is 0 Å². The molecule has 3 rings (SSSR count). The van der Waals surface area contributed by atoms with Crippen molar-refractivity contribution < 1.29 is 14.3 Å². The van der Waals surface area contributed by atoms with E-state index < -0.39 is 6.04 Å². The molecule has 1 atom stereocenters. The first-order valence-electron chi connectivity index (χ1n) is 8.09. The van der Waals surface area contributed by atoms with Gasteiger partial charge in [0.05, 0.1) is 18.2 Å². The number of benzene rings is 1. The molecule has 0 saturated heterocycles. The maximum atomic E-state index is 12.6. The highest BCUT2D eigenvalue weighted by Crippen LogP contribution is 2.22. The minimum Gasteiger partial charge on any atom is -0.478 e. The molecule has 1 aromatic heterocycles. The zero-order chi connectivity index (χ0) is 16.8. The van der Waals surface area contributed by atoms with Crippen molar-refractivity contribution in [2.75, 3.05) is 6.61 Å². The van der Waals surface area contributed by atoms with E-state index in [1.807, 2.05) is 6.07 Å². The second-order valence-electron chi connectivity index (χ2n) is 5.68. The SMILES string of the molecule is O=C[C@@H]1CCCCCOc2ccnc(n2)-c2ccccc2C(=O)N1. The van der Waals surface area contributed by atoms with Crippen LogP contribution < -0.4 is 10.1 Å². The standard InChI is InChI=1S/C18H19N3O3/c22-12-13-6-2-1-5-11-24-16-9-10-19-17(21-16)14-7-3-4-8-15(14)18(23)20-13/h3-4,7-10,12-13H,1-2,5-6,11H2,(H,20,23)/t13-/m0/s1. The summed E-state index contributed by atoms with van der Waals surface area (Å²) in [7, 11) is 0. The number of ether oxygens (including phenoxy) is 1. The number of aromatic nitrogens is 2. The van der Waals surface area contributed by atoms with E-state index in [0.717, 1.165) is 25.5 Å². The second kappa shape index (κ2) is 7.68. The Morgan fingerprint density at radius 3 is 2.79 bits per heavy atom. The Hall–Kier alpha value is -2.76. The summed E-state index contributed by atoms with van der Waals surface area (Å²) in [6.45, 7) is 0.566. The molecule has 24 heavy (non-hydrogen) atoms. The molecule has 0 spiro atoms. The fourth-order valence-electron chi connectivity index (χ4n) is 2.67. The molecule has 2 bridgehead atoms. The highest BCUT2D eigenvalue weighted by molar-refractivity contribution is 6.01. The van der Waals surface area contributed by atoms with Gasteiger partial charge in [-0.1, -0.05) is 24.6 Å². The Bertz CT molecular complexity index is 733. The van der Waals surface area contributed by atoms with Crippen LogP contribution in [-0.4, -0.2) is 34.8 Å². The molecule has 1 aliphatic rings. The lowest BCUT2D eigenvalue weighted by Crippen LogP contribution is -2.36. The smallest absolute Gasteiger partial charge is 0.252 e. The fraction of sp³-hybridized carbons (Fsp3) is 0.333. The number of carbonyl (C=O) groups excluding carboxylic acids is 2. The normalized spacial score (nSPS) is 18.5. The van der Waals surface area contributed by atoms with Crippen LogP contribution >= 0.6 is 0 Å². The Morgan fingerprint density at radius 1 is 1.12 bits per heavy atom. The van der Waals surface area contributed by atoms with E-state index >= 15 is 0 Å². The molecule has 2 heterocycles. The van der Waals surface area contributed by atoms with Crippen molar-refractivity contribution in [3.05, 3.63) is 42.1 Å². The molecule has 0 unspecified atom stereocenters. The number of aldehydes is 1. The van der Waals surface area contributed by atoms with Crippen molar-refractivity contribution in [3.8, 4) is 17.3 Å². The topological polar surface area (TPSA) is 81.2 Å². The van der Waals surface area contributed by atoms with Crippen molar-refractivity contribution in [1.82, 2.24) is 15.3 Å². The number of carbonyl (C=O) groups is 2. The third-order valence-corrected chi connectivity index (χ3v) is 3.93. The predicted octanol–water partition coefficient (Wildman–Crippen LogP) is 2.39. The van der Waals surface area contributed by atoms with E-state index in [-0.39, 0.29) is 5.91 Å². The van der Waals surface area contributed by atoms with Gasteiger partial charge in [0.25, 0.3) is 5.91 Å². The Morgan fingerprint density at radius 2 is 1.96 bits per heavy atom. The van der Waals surface area contributed by atoms with Gasteiger partial charge in [-0.15, -0.1) is 0 Å². The summed E-state index contributed by atoms with van der Waals surface area (Å²) in [5, 5.41) is 2.79. The summed E-state index contributed by atoms with van der Waals surface area (Å²) in [5.74, 6) is 0.630. The van der Waals surface area contributed by atoms with Gasteiger partial charge in [-0.2, -0.15) is 4.98 Å². The van der Waals surface area contributed by atoms with Crippen LogP contribution in [0.5, 0.6) is 5.88 Å². The van der Waals surface area contributed by atoms with Crippen molar-refractivity contribution >= 4 is 12.2 Å². The minimum absolute atomic E-state index is 0.297. The highest BCUT2D eigenvalue weighted by Gasteiger charge is 2.18. The summed E-state index contributed by atoms with van der Waals surface area (Å²) in [6.07, 6.45) is 5.68. The van der Waals surface area contributed by atoms with Gasteiger partial charge in [-0.3, -0.25) is 4.79 Å². The third-order valence-electron chi connectivity index (χ3n) is 3.93. The monoisotopic (exact) mass is 325 g/mol. The van der Waals surface area contributed by atoms with Crippen molar-refractivity contribution in [2.24, 2.45) is 0 Å². The molecule has 0 fully saturated rings. The third kappa shape index (κ3) is 3.76. The highest BCUT2D eigenvalue weighted by atomic mass is 16.5. The summed E-state index contributed by atoms with van der Waals surface area (Å²) in [6, 6.07) is 8.31. The molecule has 0 aliphatic carbocycles. The average molecular weight is 325 g/mol. The summed E-state index contributed by atoms with van der Waals surface area (Å²) in [5.41, 5.74) is 1.06. The Labute approximate surface area is 140 Å². The van der Waals surface area contributed by atoms with Crippen LogP contribution in [0, 0.1) is 0 Å². The van der Waals surface area contributed by atoms with E-state index in [0.29, 0.717) is 35.9 Å². The maximum Gasteiger partial charge on any atom is 0.252 e. The quantitative estimate of drug-likeness (QED) is 0.814. The van der Waals surface area contributed by atoms with Gasteiger partial charge in [-0.05, 0) is 25.3 Å². The molecule has 1 aliphatic heterocycles. The molecule has 6 heteroatoms. The van der Waals surface area contributed by atoms with Gasteiger partial charge in [0.15, 0.2) is 5.82 Å². The van der Waals surface area contributed by atoms with Gasteiger partial charge in [0, 0.05) is 17.8 Å². The number of amides is 1. The zero-order valence-corrected chi connectivity index (χ0v) is 13.3. The minimum atomic E-state index is -0.485. The first kappa shape index (κ1) is 16.1. The Balaban J connectivity index is 2.00. The zero-order valence-electron chi connectivity index (χ0n) is 13.3. The molecular weight excluding hydrogens is 306 g/mol. The van der Waals surface area contributed by atoms with Gasteiger partial charge in [-0.25, -0.2) is 4.98 Å². The van der Waals surface area contributed by atoms with Crippen LogP contribution in [0.15, 0.2) is 36.5 Å². The lowest BCUT2D eigenvalue weighted by atomic mass is 10.0. The molecule has 0 radical (unpaired) electrons. The second-order valence-corrected chi connectivity index (χ2v) is 5.68. The van der Waals surface area contributed by atoms with Gasteiger partial charge < -0.3 is 14.8 Å². The molecule has 1 aromatic carbocycles. The number of rotatable bonds is 1. The molecule has 0 saturated carbocycles. The predicted molar refractivity (Wildman–Crippen MR) is 88.7 cm³/mol. The average Bonchev–Trinajstić information content (AvgIpc) is 2.63. The van der Waals surface area contributed by atoms with Crippen molar-refractivity contribution in [2.45, 2.75) is 31.7 Å². The molecule has 2 aromatic rings. The van der Waals surface area contributed by atoms with Crippen LogP contribution in [0.3, 0.4) is 0 Å². The van der Waals surface area contributed by atoms with E-state index in [1.165, 1.54) is 0 Å². The van der Waals surface area contributed by atoms with E-state index in [2.05, 4.69) is 15.3 Å². The number of hydrogen-bond donors (Lipinski definition) is 1. The lowest BCUT2D eigenvalue weighted by Gasteiger charge is -2.15. The lowest BCUT2D eigenvalue weighted by molar-refractivity contribution is -0.109. The fourth-order valence-corrected chi connectivity index (χ4v) is 2.67. The Kier molecular flexibility index (Phi) is 5.15. The number of nitrogens with one attached hydrogen (secondary N) is 1. The molecular formula is C18H19N3O3. The maximum absolute atomic E-state index is 12.6. The molecule has 1 N–H and O–H groups in total. The molecule has 6 nitrogen and oxygen atoms in total. The number of hydrogen-bond acceptors (Lipinski definition) is 5. The van der Waals surface area contributed by atoms with Crippen molar-refractivity contribution in [3.63, 3.8) is 0 Å². The number of nitrogens with zero attached hydrogens (tertiary/aromatic N) is 2. The van der Waals surface area contributed by atoms with Gasteiger partial charge >= 0.3 is 0 Å². The van der Waals surface area contributed by atoms with Crippen LogP contribution in [0.4, 0.5) is 0 Å². The van der Waals surface area contributed by atoms with Gasteiger partial charge in [0.1, 0.15) is 6.29 Å². The summed E-state index contributed by atoms with van der Waals surface area (Å²) in [4.78, 5) is 32.5. The first-order valence-corrected chi connectivity index (χ1v) is 8.09. The van der Waals surface area contributed by atoms with Crippen LogP contribution in [0.1, 0.15) is 36.0 Å². The molecule has 124 valence electrons. The van der Waals surface area contributed by atoms with E-state index in [4.69, 9.17) is 4.74 Å².